The first-order chi connectivity index (χ1) is 11.6. The molecule has 1 rings (SSSR count). The van der Waals surface area contributed by atoms with Gasteiger partial charge in [0.25, 0.3) is 0 Å². The van der Waals surface area contributed by atoms with Crippen LogP contribution in [0.5, 0.6) is 0 Å². The summed E-state index contributed by atoms with van der Waals surface area (Å²) in [6, 6.07) is 0.416. The van der Waals surface area contributed by atoms with Gasteiger partial charge < -0.3 is 15.7 Å². The van der Waals surface area contributed by atoms with Crippen LogP contribution in [0.4, 0.5) is 19.0 Å². The summed E-state index contributed by atoms with van der Waals surface area (Å²) in [5, 5.41) is 13.3. The maximum absolute atomic E-state index is 13.2. The monoisotopic (exact) mass is 384 g/mol. The zero-order valence-corrected chi connectivity index (χ0v) is 14.2. The highest BCUT2D eigenvalue weighted by atomic mass is 32.2. The normalized spacial score (nSPS) is 12.0. The summed E-state index contributed by atoms with van der Waals surface area (Å²) in [7, 11) is -4.24. The number of aliphatic hydroxyl groups is 1. The molecule has 0 atom stereocenters. The molecule has 4 N–H and O–H groups in total. The lowest BCUT2D eigenvalue weighted by molar-refractivity contribution is -0.137. The minimum Gasteiger partial charge on any atom is -0.395 e. The third kappa shape index (κ3) is 6.48. The Balaban J connectivity index is 3.05. The fraction of sp³-hybridized carbons (Fsp3) is 0.538. The number of anilines is 1. The molecule has 1 amide bonds. The minimum absolute atomic E-state index is 0.346. The molecule has 0 radical (unpaired) electrons. The highest BCUT2D eigenvalue weighted by molar-refractivity contribution is 7.89. The first-order valence-corrected chi connectivity index (χ1v) is 8.78. The Morgan fingerprint density at radius 1 is 1.32 bits per heavy atom. The molecule has 0 fully saturated rings. The van der Waals surface area contributed by atoms with Crippen LogP contribution in [0.2, 0.25) is 0 Å². The number of aromatic nitrogens is 1. The van der Waals surface area contributed by atoms with Gasteiger partial charge in [0.15, 0.2) is 0 Å². The number of nitrogens with zero attached hydrogens (tertiary/aromatic N) is 1. The van der Waals surface area contributed by atoms with Crippen LogP contribution in [0, 0.1) is 0 Å². The molecule has 1 aromatic heterocycles. The molecule has 0 saturated carbocycles. The second-order valence-corrected chi connectivity index (χ2v) is 6.66. The lowest BCUT2D eigenvalue weighted by atomic mass is 10.2. The second kappa shape index (κ2) is 8.97. The van der Waals surface area contributed by atoms with Gasteiger partial charge in [-0.25, -0.2) is 18.1 Å². The van der Waals surface area contributed by atoms with E-state index in [0.29, 0.717) is 19.0 Å². The van der Waals surface area contributed by atoms with Crippen molar-refractivity contribution in [2.45, 2.75) is 24.4 Å². The zero-order chi connectivity index (χ0) is 19.1. The Kier molecular flexibility index (Phi) is 7.58. The van der Waals surface area contributed by atoms with Crippen LogP contribution < -0.4 is 15.4 Å². The average Bonchev–Trinajstić information content (AvgIpc) is 2.55. The maximum Gasteiger partial charge on any atom is 0.419 e. The van der Waals surface area contributed by atoms with Gasteiger partial charge in [-0.05, 0) is 12.5 Å². The third-order valence-electron chi connectivity index (χ3n) is 2.87. The maximum atomic E-state index is 13.2. The van der Waals surface area contributed by atoms with Gasteiger partial charge in [0.2, 0.25) is 15.9 Å². The number of rotatable bonds is 9. The van der Waals surface area contributed by atoms with E-state index in [1.165, 1.54) is 0 Å². The van der Waals surface area contributed by atoms with Crippen molar-refractivity contribution in [2.24, 2.45) is 0 Å². The molecule has 0 aliphatic carbocycles. The summed E-state index contributed by atoms with van der Waals surface area (Å²) < 4.78 is 65.1. The van der Waals surface area contributed by atoms with E-state index >= 15 is 0 Å². The Bertz CT molecular complexity index is 695. The van der Waals surface area contributed by atoms with Gasteiger partial charge in [0, 0.05) is 19.3 Å². The molecule has 0 saturated heterocycles. The zero-order valence-electron chi connectivity index (χ0n) is 13.4. The number of halogens is 3. The lowest BCUT2D eigenvalue weighted by Gasteiger charge is -2.15. The van der Waals surface area contributed by atoms with Crippen molar-refractivity contribution in [3.8, 4) is 0 Å². The van der Waals surface area contributed by atoms with E-state index in [1.807, 2.05) is 11.6 Å². The Morgan fingerprint density at radius 3 is 2.56 bits per heavy atom. The number of alkyl halides is 3. The molecule has 0 aliphatic rings. The van der Waals surface area contributed by atoms with Crippen LogP contribution in [0.25, 0.3) is 0 Å². The predicted molar refractivity (Wildman–Crippen MR) is 83.3 cm³/mol. The van der Waals surface area contributed by atoms with Gasteiger partial charge in [-0.2, -0.15) is 13.2 Å². The van der Waals surface area contributed by atoms with Crippen LogP contribution in [-0.2, 0) is 21.0 Å². The third-order valence-corrected chi connectivity index (χ3v) is 4.30. The van der Waals surface area contributed by atoms with E-state index in [0.717, 1.165) is 6.20 Å². The molecule has 1 heterocycles. The molecule has 0 bridgehead atoms. The van der Waals surface area contributed by atoms with Gasteiger partial charge in [-0.3, -0.25) is 4.79 Å². The molecule has 142 valence electrons. The fourth-order valence-electron chi connectivity index (χ4n) is 1.70. The summed E-state index contributed by atoms with van der Waals surface area (Å²) in [5.74, 6) is -1.17. The number of pyridine rings is 1. The number of carbonyl (C=O) groups is 1. The van der Waals surface area contributed by atoms with Crippen molar-refractivity contribution in [3.63, 3.8) is 0 Å². The fourth-order valence-corrected chi connectivity index (χ4v) is 2.69. The van der Waals surface area contributed by atoms with Crippen molar-refractivity contribution in [2.75, 3.05) is 31.6 Å². The van der Waals surface area contributed by atoms with Crippen LogP contribution in [0.3, 0.4) is 0 Å². The predicted octanol–water partition coefficient (Wildman–Crippen LogP) is 0.309. The number of aliphatic hydroxyl groups excluding tert-OH is 1. The van der Waals surface area contributed by atoms with E-state index in [1.54, 1.807) is 0 Å². The SMILES string of the molecule is CCCNC(=O)CNc1ncc(S(=O)(=O)NCCO)cc1C(F)(F)F. The highest BCUT2D eigenvalue weighted by Gasteiger charge is 2.36. The largest absolute Gasteiger partial charge is 0.419 e. The molecule has 0 spiro atoms. The number of sulfonamides is 1. The molecule has 8 nitrogen and oxygen atoms in total. The summed E-state index contributed by atoms with van der Waals surface area (Å²) in [6.45, 7) is 0.909. The molecular weight excluding hydrogens is 365 g/mol. The van der Waals surface area contributed by atoms with E-state index in [4.69, 9.17) is 5.11 Å². The quantitative estimate of drug-likeness (QED) is 0.486. The summed E-state index contributed by atoms with van der Waals surface area (Å²) in [4.78, 5) is 14.2. The van der Waals surface area contributed by atoms with Crippen molar-refractivity contribution in [1.29, 1.82) is 0 Å². The van der Waals surface area contributed by atoms with E-state index in [2.05, 4.69) is 15.6 Å². The molecule has 0 aromatic carbocycles. The molecule has 12 heteroatoms. The van der Waals surface area contributed by atoms with E-state index in [9.17, 15) is 26.4 Å². The van der Waals surface area contributed by atoms with E-state index < -0.39 is 51.5 Å². The van der Waals surface area contributed by atoms with Crippen LogP contribution in [-0.4, -0.2) is 50.7 Å². The van der Waals surface area contributed by atoms with Crippen molar-refractivity contribution >= 4 is 21.7 Å². The first kappa shape index (κ1) is 21.1. The topological polar surface area (TPSA) is 120 Å². The molecular formula is C13H19F3N4O4S. The minimum atomic E-state index is -4.88. The Morgan fingerprint density at radius 2 is 2.00 bits per heavy atom. The van der Waals surface area contributed by atoms with Gasteiger partial charge in [0.05, 0.1) is 18.7 Å². The number of nitrogens with one attached hydrogen (secondary N) is 3. The smallest absolute Gasteiger partial charge is 0.395 e. The molecule has 25 heavy (non-hydrogen) atoms. The molecule has 1 aromatic rings. The van der Waals surface area contributed by atoms with Crippen LogP contribution in [0.1, 0.15) is 18.9 Å². The number of carbonyl (C=O) groups excluding carboxylic acids is 1. The van der Waals surface area contributed by atoms with Crippen LogP contribution in [0.15, 0.2) is 17.2 Å². The number of hydrogen-bond donors (Lipinski definition) is 4. The number of amides is 1. The van der Waals surface area contributed by atoms with E-state index in [-0.39, 0.29) is 6.54 Å². The molecule has 0 unspecified atom stereocenters. The van der Waals surface area contributed by atoms with Crippen molar-refractivity contribution in [1.82, 2.24) is 15.0 Å². The Labute approximate surface area is 142 Å². The first-order valence-electron chi connectivity index (χ1n) is 7.30. The average molecular weight is 384 g/mol. The summed E-state index contributed by atoms with van der Waals surface area (Å²) >= 11 is 0. The highest BCUT2D eigenvalue weighted by Crippen LogP contribution is 2.34. The standard InChI is InChI=1S/C13H19F3N4O4S/c1-2-3-17-11(22)8-19-12-10(13(14,15)16)6-9(7-18-12)25(23,24)20-4-5-21/h6-7,20-21H,2-5,8H2,1H3,(H,17,22)(H,18,19). The van der Waals surface area contributed by atoms with Crippen molar-refractivity contribution in [3.05, 3.63) is 17.8 Å². The molecule has 0 aliphatic heterocycles. The van der Waals surface area contributed by atoms with Crippen LogP contribution >= 0.6 is 0 Å². The van der Waals surface area contributed by atoms with Gasteiger partial charge in [-0.1, -0.05) is 6.92 Å². The summed E-state index contributed by atoms with van der Waals surface area (Å²) in [5.41, 5.74) is -1.32. The Hall–Kier alpha value is -1.92. The summed E-state index contributed by atoms with van der Waals surface area (Å²) in [6.07, 6.45) is -3.47. The van der Waals surface area contributed by atoms with Gasteiger partial charge >= 0.3 is 6.18 Å². The number of hydrogen-bond acceptors (Lipinski definition) is 6. The second-order valence-electron chi connectivity index (χ2n) is 4.89. The van der Waals surface area contributed by atoms with Crippen molar-refractivity contribution < 1.29 is 31.5 Å². The van der Waals surface area contributed by atoms with Gasteiger partial charge in [-0.15, -0.1) is 0 Å². The van der Waals surface area contributed by atoms with Gasteiger partial charge in [0.1, 0.15) is 10.7 Å². The lowest BCUT2D eigenvalue weighted by Crippen LogP contribution is -2.31.